The number of rotatable bonds is 4. The Morgan fingerprint density at radius 3 is 2.60 bits per heavy atom. The van der Waals surface area contributed by atoms with Gasteiger partial charge in [0.15, 0.2) is 18.9 Å². The van der Waals surface area contributed by atoms with Crippen molar-refractivity contribution < 1.29 is 17.5 Å². The highest BCUT2D eigenvalue weighted by Crippen LogP contribution is 2.13. The SMILES string of the molecule is N#Cc1nccc(-c2cc[n+](CCS(=O)(=O)O)cc2)n1. The first-order valence-electron chi connectivity index (χ1n) is 5.66. The van der Waals surface area contributed by atoms with Crippen molar-refractivity contribution in [3.8, 4) is 17.3 Å². The second-order valence-electron chi connectivity index (χ2n) is 3.99. The molecule has 2 rings (SSSR count). The largest absolute Gasteiger partial charge is 0.285 e. The Labute approximate surface area is 115 Å². The number of aryl methyl sites for hydroxylation is 1. The number of aromatic nitrogens is 3. The van der Waals surface area contributed by atoms with E-state index < -0.39 is 10.1 Å². The lowest BCUT2D eigenvalue weighted by molar-refractivity contribution is -0.692. The van der Waals surface area contributed by atoms with Crippen LogP contribution in [0.1, 0.15) is 5.82 Å². The molecular formula is C12H11N4O3S+. The summed E-state index contributed by atoms with van der Waals surface area (Å²) in [6, 6.07) is 7.03. The molecule has 1 N–H and O–H groups in total. The van der Waals surface area contributed by atoms with E-state index in [2.05, 4.69) is 9.97 Å². The first kappa shape index (κ1) is 14.0. The van der Waals surface area contributed by atoms with Crippen molar-refractivity contribution in [2.75, 3.05) is 5.75 Å². The second kappa shape index (κ2) is 5.73. The van der Waals surface area contributed by atoms with Gasteiger partial charge in [0.2, 0.25) is 5.82 Å². The third kappa shape index (κ3) is 3.81. The van der Waals surface area contributed by atoms with E-state index >= 15 is 0 Å². The summed E-state index contributed by atoms with van der Waals surface area (Å²) in [7, 11) is -3.97. The predicted molar refractivity (Wildman–Crippen MR) is 68.8 cm³/mol. The standard InChI is InChI=1S/C12H10N4O3S/c13-9-12-14-4-1-11(15-12)10-2-5-16(6-3-10)7-8-20(17,18)19/h1-6H,7-8H2/p+1. The van der Waals surface area contributed by atoms with Crippen molar-refractivity contribution in [2.45, 2.75) is 6.54 Å². The highest BCUT2D eigenvalue weighted by Gasteiger charge is 2.10. The molecule has 0 bridgehead atoms. The average Bonchev–Trinajstić information content (AvgIpc) is 2.45. The summed E-state index contributed by atoms with van der Waals surface area (Å²) < 4.78 is 31.6. The second-order valence-corrected chi connectivity index (χ2v) is 5.56. The molecule has 0 radical (unpaired) electrons. The monoisotopic (exact) mass is 291 g/mol. The van der Waals surface area contributed by atoms with Crippen molar-refractivity contribution in [3.05, 3.63) is 42.6 Å². The number of hydrogen-bond donors (Lipinski definition) is 1. The van der Waals surface area contributed by atoms with Crippen LogP contribution >= 0.6 is 0 Å². The van der Waals surface area contributed by atoms with Crippen LogP contribution in [0.4, 0.5) is 0 Å². The quantitative estimate of drug-likeness (QED) is 0.636. The Hall–Kier alpha value is -2.37. The molecule has 2 aromatic heterocycles. The van der Waals surface area contributed by atoms with Gasteiger partial charge in [-0.25, -0.2) is 14.5 Å². The maximum atomic E-state index is 10.7. The molecule has 0 amide bonds. The van der Waals surface area contributed by atoms with E-state index in [0.717, 1.165) is 5.56 Å². The van der Waals surface area contributed by atoms with Gasteiger partial charge in [-0.1, -0.05) is 0 Å². The Balaban J connectivity index is 2.17. The van der Waals surface area contributed by atoms with Crippen LogP contribution in [0.3, 0.4) is 0 Å². The fraction of sp³-hybridized carbons (Fsp3) is 0.167. The molecule has 2 aromatic rings. The summed E-state index contributed by atoms with van der Waals surface area (Å²) in [5.41, 5.74) is 1.39. The molecule has 0 aliphatic heterocycles. The Morgan fingerprint density at radius 2 is 2.00 bits per heavy atom. The zero-order valence-electron chi connectivity index (χ0n) is 10.3. The summed E-state index contributed by atoms with van der Waals surface area (Å²) in [4.78, 5) is 7.84. The van der Waals surface area contributed by atoms with Crippen LogP contribution in [0.15, 0.2) is 36.8 Å². The smallest absolute Gasteiger partial charge is 0.271 e. The van der Waals surface area contributed by atoms with Gasteiger partial charge in [-0.2, -0.15) is 13.7 Å². The topological polar surface area (TPSA) is 108 Å². The summed E-state index contributed by atoms with van der Waals surface area (Å²) in [6.07, 6.45) is 4.85. The third-order valence-corrected chi connectivity index (χ3v) is 3.25. The van der Waals surface area contributed by atoms with Gasteiger partial charge in [0.05, 0.1) is 5.69 Å². The predicted octanol–water partition coefficient (Wildman–Crippen LogP) is 0.191. The van der Waals surface area contributed by atoms with E-state index in [0.29, 0.717) is 5.69 Å². The van der Waals surface area contributed by atoms with E-state index in [1.54, 1.807) is 35.2 Å². The highest BCUT2D eigenvalue weighted by molar-refractivity contribution is 7.85. The van der Waals surface area contributed by atoms with Crippen LogP contribution in [0, 0.1) is 11.3 Å². The van der Waals surface area contributed by atoms with Crippen molar-refractivity contribution in [1.29, 1.82) is 5.26 Å². The van der Waals surface area contributed by atoms with Crippen LogP contribution in [0.5, 0.6) is 0 Å². The first-order valence-corrected chi connectivity index (χ1v) is 7.27. The minimum Gasteiger partial charge on any atom is -0.285 e. The molecule has 0 saturated carbocycles. The van der Waals surface area contributed by atoms with E-state index in [9.17, 15) is 8.42 Å². The molecule has 0 unspecified atom stereocenters. The number of nitrogens with zero attached hydrogens (tertiary/aromatic N) is 4. The molecular weight excluding hydrogens is 280 g/mol. The van der Waals surface area contributed by atoms with Crippen LogP contribution in [-0.2, 0) is 16.7 Å². The molecule has 20 heavy (non-hydrogen) atoms. The molecule has 0 fully saturated rings. The van der Waals surface area contributed by atoms with Gasteiger partial charge in [-0.3, -0.25) is 4.55 Å². The van der Waals surface area contributed by atoms with Gasteiger partial charge in [0.25, 0.3) is 10.1 Å². The van der Waals surface area contributed by atoms with Gasteiger partial charge < -0.3 is 0 Å². The number of hydrogen-bond acceptors (Lipinski definition) is 5. The molecule has 0 atom stereocenters. The summed E-state index contributed by atoms with van der Waals surface area (Å²) >= 11 is 0. The highest BCUT2D eigenvalue weighted by atomic mass is 32.2. The van der Waals surface area contributed by atoms with Crippen molar-refractivity contribution in [3.63, 3.8) is 0 Å². The molecule has 2 heterocycles. The van der Waals surface area contributed by atoms with Gasteiger partial charge in [0, 0.05) is 23.9 Å². The lowest BCUT2D eigenvalue weighted by Gasteiger charge is -2.00. The van der Waals surface area contributed by atoms with Gasteiger partial charge in [-0.15, -0.1) is 0 Å². The Kier molecular flexibility index (Phi) is 4.02. The van der Waals surface area contributed by atoms with Crippen LogP contribution in [-0.4, -0.2) is 28.7 Å². The third-order valence-electron chi connectivity index (χ3n) is 2.55. The van der Waals surface area contributed by atoms with Crippen molar-refractivity contribution >= 4 is 10.1 Å². The molecule has 102 valence electrons. The Morgan fingerprint density at radius 1 is 1.30 bits per heavy atom. The van der Waals surface area contributed by atoms with E-state index in [-0.39, 0.29) is 18.1 Å². The Bertz CT molecular complexity index is 751. The van der Waals surface area contributed by atoms with Crippen LogP contribution in [0.2, 0.25) is 0 Å². The fourth-order valence-corrected chi connectivity index (χ4v) is 2.01. The minimum atomic E-state index is -3.97. The molecule has 0 saturated heterocycles. The number of pyridine rings is 1. The van der Waals surface area contributed by atoms with E-state index in [4.69, 9.17) is 9.81 Å². The first-order chi connectivity index (χ1) is 9.48. The fourth-order valence-electron chi connectivity index (χ4n) is 1.57. The molecule has 0 aliphatic carbocycles. The average molecular weight is 291 g/mol. The summed E-state index contributed by atoms with van der Waals surface area (Å²) in [5.74, 6) is -0.256. The van der Waals surface area contributed by atoms with Crippen LogP contribution < -0.4 is 4.57 Å². The van der Waals surface area contributed by atoms with Gasteiger partial charge in [-0.05, 0) is 6.07 Å². The molecule has 0 aliphatic rings. The van der Waals surface area contributed by atoms with E-state index in [1.165, 1.54) is 6.20 Å². The normalized spacial score (nSPS) is 11.0. The maximum Gasteiger partial charge on any atom is 0.271 e. The zero-order valence-corrected chi connectivity index (χ0v) is 11.2. The number of nitriles is 1. The molecule has 0 aromatic carbocycles. The van der Waals surface area contributed by atoms with Gasteiger partial charge in [0.1, 0.15) is 11.8 Å². The summed E-state index contributed by atoms with van der Waals surface area (Å²) in [6.45, 7) is 0.159. The van der Waals surface area contributed by atoms with Crippen molar-refractivity contribution in [2.24, 2.45) is 0 Å². The molecule has 8 heteroatoms. The lowest BCUT2D eigenvalue weighted by Crippen LogP contribution is -2.36. The lowest BCUT2D eigenvalue weighted by atomic mass is 10.2. The minimum absolute atomic E-state index is 0.0885. The van der Waals surface area contributed by atoms with E-state index in [1.807, 2.05) is 6.07 Å². The van der Waals surface area contributed by atoms with Crippen LogP contribution in [0.25, 0.3) is 11.3 Å². The molecule has 0 spiro atoms. The van der Waals surface area contributed by atoms with Crippen molar-refractivity contribution in [1.82, 2.24) is 9.97 Å². The zero-order chi connectivity index (χ0) is 14.6. The summed E-state index contributed by atoms with van der Waals surface area (Å²) in [5, 5.41) is 8.74. The maximum absolute atomic E-state index is 10.7. The molecule has 7 nitrogen and oxygen atoms in total. The van der Waals surface area contributed by atoms with Gasteiger partial charge >= 0.3 is 0 Å².